The lowest BCUT2D eigenvalue weighted by molar-refractivity contribution is 0.0642. The Hall–Kier alpha value is -1.56. The number of hydrogen-bond acceptors (Lipinski definition) is 3. The normalized spacial score (nSPS) is 23.4. The van der Waals surface area contributed by atoms with Gasteiger partial charge in [-0.15, -0.1) is 0 Å². The van der Waals surface area contributed by atoms with Gasteiger partial charge in [-0.3, -0.25) is 4.79 Å². The van der Waals surface area contributed by atoms with Gasteiger partial charge in [-0.25, -0.2) is 9.37 Å². The standard InChI is InChI=1S/C12H14F2N2O2/c1-7-3-5-16(9(7)6-17)12(18)8-2-4-15-11(14)10(8)13/h2,4,7,9,17H,3,5-6H2,1H3. The molecule has 1 aromatic heterocycles. The zero-order valence-corrected chi connectivity index (χ0v) is 9.94. The van der Waals surface area contributed by atoms with E-state index in [1.165, 1.54) is 4.90 Å². The monoisotopic (exact) mass is 256 g/mol. The molecule has 0 aliphatic carbocycles. The predicted octanol–water partition coefficient (Wildman–Crippen LogP) is 1.20. The van der Waals surface area contributed by atoms with Crippen molar-refractivity contribution >= 4 is 5.91 Å². The fourth-order valence-corrected chi connectivity index (χ4v) is 2.28. The first-order valence-electron chi connectivity index (χ1n) is 5.78. The Balaban J connectivity index is 2.29. The molecule has 98 valence electrons. The highest BCUT2D eigenvalue weighted by Crippen LogP contribution is 2.26. The molecule has 0 bridgehead atoms. The first-order chi connectivity index (χ1) is 8.56. The Bertz CT molecular complexity index is 467. The van der Waals surface area contributed by atoms with E-state index >= 15 is 0 Å². The number of nitrogens with zero attached hydrogens (tertiary/aromatic N) is 2. The molecule has 6 heteroatoms. The van der Waals surface area contributed by atoms with Gasteiger partial charge in [0.05, 0.1) is 18.2 Å². The van der Waals surface area contributed by atoms with Crippen LogP contribution in [-0.4, -0.2) is 40.1 Å². The molecule has 0 spiro atoms. The predicted molar refractivity (Wildman–Crippen MR) is 59.8 cm³/mol. The lowest BCUT2D eigenvalue weighted by Gasteiger charge is -2.25. The van der Waals surface area contributed by atoms with Gasteiger partial charge in [0.2, 0.25) is 5.95 Å². The molecule has 0 saturated carbocycles. The lowest BCUT2D eigenvalue weighted by Crippen LogP contribution is -2.40. The van der Waals surface area contributed by atoms with Gasteiger partial charge in [0.25, 0.3) is 5.91 Å². The lowest BCUT2D eigenvalue weighted by atomic mass is 10.0. The SMILES string of the molecule is CC1CCN(C(=O)c2ccnc(F)c2F)C1CO. The third kappa shape index (κ3) is 2.08. The van der Waals surface area contributed by atoms with Crippen LogP contribution in [0.5, 0.6) is 0 Å². The molecule has 0 radical (unpaired) electrons. The summed E-state index contributed by atoms with van der Waals surface area (Å²) in [4.78, 5) is 16.6. The largest absolute Gasteiger partial charge is 0.394 e. The van der Waals surface area contributed by atoms with E-state index in [1.807, 2.05) is 6.92 Å². The number of likely N-dealkylation sites (tertiary alicyclic amines) is 1. The van der Waals surface area contributed by atoms with E-state index in [-0.39, 0.29) is 24.1 Å². The summed E-state index contributed by atoms with van der Waals surface area (Å²) >= 11 is 0. The number of carbonyl (C=O) groups is 1. The number of carbonyl (C=O) groups excluding carboxylic acids is 1. The fraction of sp³-hybridized carbons (Fsp3) is 0.500. The van der Waals surface area contributed by atoms with E-state index < -0.39 is 17.7 Å². The van der Waals surface area contributed by atoms with E-state index in [1.54, 1.807) is 0 Å². The summed E-state index contributed by atoms with van der Waals surface area (Å²) in [7, 11) is 0. The summed E-state index contributed by atoms with van der Waals surface area (Å²) in [5, 5.41) is 9.25. The fourth-order valence-electron chi connectivity index (χ4n) is 2.28. The summed E-state index contributed by atoms with van der Waals surface area (Å²) < 4.78 is 26.5. The number of halogens is 2. The molecule has 1 aromatic rings. The molecule has 18 heavy (non-hydrogen) atoms. The van der Waals surface area contributed by atoms with Crippen molar-refractivity contribution in [2.75, 3.05) is 13.2 Å². The van der Waals surface area contributed by atoms with Crippen LogP contribution in [0, 0.1) is 17.7 Å². The van der Waals surface area contributed by atoms with Crippen molar-refractivity contribution in [3.05, 3.63) is 29.6 Å². The second-order valence-electron chi connectivity index (χ2n) is 4.48. The van der Waals surface area contributed by atoms with E-state index in [0.29, 0.717) is 6.54 Å². The van der Waals surface area contributed by atoms with Crippen LogP contribution in [0.1, 0.15) is 23.7 Å². The third-order valence-corrected chi connectivity index (χ3v) is 3.41. The Morgan fingerprint density at radius 2 is 2.33 bits per heavy atom. The second kappa shape index (κ2) is 4.97. The molecule has 1 amide bonds. The highest BCUT2D eigenvalue weighted by molar-refractivity contribution is 5.94. The average molecular weight is 256 g/mol. The molecule has 2 rings (SSSR count). The first-order valence-corrected chi connectivity index (χ1v) is 5.78. The van der Waals surface area contributed by atoms with Gasteiger partial charge in [-0.2, -0.15) is 4.39 Å². The van der Waals surface area contributed by atoms with Crippen LogP contribution in [0.4, 0.5) is 8.78 Å². The van der Waals surface area contributed by atoms with Crippen LogP contribution in [0.3, 0.4) is 0 Å². The van der Waals surface area contributed by atoms with E-state index in [4.69, 9.17) is 0 Å². The van der Waals surface area contributed by atoms with E-state index in [9.17, 15) is 18.7 Å². The van der Waals surface area contributed by atoms with Crippen molar-refractivity contribution in [1.82, 2.24) is 9.88 Å². The summed E-state index contributed by atoms with van der Waals surface area (Å²) in [6.45, 7) is 2.17. The molecule has 1 N–H and O–H groups in total. The maximum atomic E-state index is 13.5. The highest BCUT2D eigenvalue weighted by Gasteiger charge is 2.35. The van der Waals surface area contributed by atoms with Crippen LogP contribution >= 0.6 is 0 Å². The average Bonchev–Trinajstić information content (AvgIpc) is 2.73. The highest BCUT2D eigenvalue weighted by atomic mass is 19.2. The summed E-state index contributed by atoms with van der Waals surface area (Å²) in [5.74, 6) is -2.97. The van der Waals surface area contributed by atoms with Gasteiger partial charge in [-0.1, -0.05) is 6.92 Å². The maximum absolute atomic E-state index is 13.5. The molecule has 1 aliphatic rings. The number of pyridine rings is 1. The van der Waals surface area contributed by atoms with Gasteiger partial charge in [0.15, 0.2) is 5.82 Å². The van der Waals surface area contributed by atoms with Crippen LogP contribution in [0.25, 0.3) is 0 Å². The van der Waals surface area contributed by atoms with Crippen LogP contribution < -0.4 is 0 Å². The minimum absolute atomic E-state index is 0.147. The smallest absolute Gasteiger partial charge is 0.257 e. The van der Waals surface area contributed by atoms with Crippen molar-refractivity contribution in [1.29, 1.82) is 0 Å². The molecular formula is C12H14F2N2O2. The molecule has 4 nitrogen and oxygen atoms in total. The van der Waals surface area contributed by atoms with Crippen molar-refractivity contribution in [2.24, 2.45) is 5.92 Å². The maximum Gasteiger partial charge on any atom is 0.257 e. The minimum Gasteiger partial charge on any atom is -0.394 e. The zero-order chi connectivity index (χ0) is 13.3. The van der Waals surface area contributed by atoms with Gasteiger partial charge in [0.1, 0.15) is 0 Å². The third-order valence-electron chi connectivity index (χ3n) is 3.41. The molecule has 1 saturated heterocycles. The van der Waals surface area contributed by atoms with Gasteiger partial charge in [-0.05, 0) is 18.4 Å². The zero-order valence-electron chi connectivity index (χ0n) is 9.94. The Morgan fingerprint density at radius 3 is 3.00 bits per heavy atom. The number of rotatable bonds is 2. The number of aromatic nitrogens is 1. The summed E-state index contributed by atoms with van der Waals surface area (Å²) in [6, 6.07) is 0.811. The molecule has 1 aliphatic heterocycles. The van der Waals surface area contributed by atoms with E-state index in [2.05, 4.69) is 4.98 Å². The summed E-state index contributed by atoms with van der Waals surface area (Å²) in [6.07, 6.45) is 1.80. The number of amides is 1. The quantitative estimate of drug-likeness (QED) is 0.809. The van der Waals surface area contributed by atoms with Crippen LogP contribution in [-0.2, 0) is 0 Å². The van der Waals surface area contributed by atoms with Crippen LogP contribution in [0.15, 0.2) is 12.3 Å². The Kier molecular flexibility index (Phi) is 3.56. The van der Waals surface area contributed by atoms with Crippen LogP contribution in [0.2, 0.25) is 0 Å². The molecular weight excluding hydrogens is 242 g/mol. The summed E-state index contributed by atoms with van der Waals surface area (Å²) in [5.41, 5.74) is -0.338. The molecule has 2 unspecified atom stereocenters. The Labute approximate surface area is 103 Å². The van der Waals surface area contributed by atoms with Crippen molar-refractivity contribution in [3.8, 4) is 0 Å². The number of aliphatic hydroxyl groups is 1. The van der Waals surface area contributed by atoms with E-state index in [0.717, 1.165) is 18.7 Å². The molecule has 1 fully saturated rings. The first kappa shape index (κ1) is 12.9. The molecule has 2 atom stereocenters. The second-order valence-corrected chi connectivity index (χ2v) is 4.48. The topological polar surface area (TPSA) is 53.4 Å². The van der Waals surface area contributed by atoms with Gasteiger partial charge >= 0.3 is 0 Å². The minimum atomic E-state index is -1.28. The number of aliphatic hydroxyl groups excluding tert-OH is 1. The van der Waals surface area contributed by atoms with Crippen molar-refractivity contribution in [2.45, 2.75) is 19.4 Å². The molecule has 2 heterocycles. The van der Waals surface area contributed by atoms with Crippen molar-refractivity contribution < 1.29 is 18.7 Å². The van der Waals surface area contributed by atoms with Crippen molar-refractivity contribution in [3.63, 3.8) is 0 Å². The number of hydrogen-bond donors (Lipinski definition) is 1. The Morgan fingerprint density at radius 1 is 1.61 bits per heavy atom. The van der Waals surface area contributed by atoms with Gasteiger partial charge in [0, 0.05) is 12.7 Å². The molecule has 0 aromatic carbocycles. The van der Waals surface area contributed by atoms with Gasteiger partial charge < -0.3 is 10.0 Å².